The lowest BCUT2D eigenvalue weighted by atomic mass is 10.0. The Kier molecular flexibility index (Phi) is 8.70. The van der Waals surface area contributed by atoms with E-state index in [1.165, 1.54) is 57.9 Å². The predicted octanol–water partition coefficient (Wildman–Crippen LogP) is 3.97. The fourth-order valence-electron chi connectivity index (χ4n) is 3.09. The van der Waals surface area contributed by atoms with Crippen LogP contribution in [0, 0.1) is 0 Å². The minimum atomic E-state index is -0.0444. The molecule has 2 nitrogen and oxygen atoms in total. The molecule has 1 N–H and O–H groups in total. The summed E-state index contributed by atoms with van der Waals surface area (Å²) >= 11 is 0. The second-order valence-corrected chi connectivity index (χ2v) is 5.89. The highest BCUT2D eigenvalue weighted by Gasteiger charge is 2.20. The van der Waals surface area contributed by atoms with Gasteiger partial charge in [0, 0.05) is 12.6 Å². The minimum Gasteiger partial charge on any atom is -0.393 e. The molecule has 1 fully saturated rings. The van der Waals surface area contributed by atoms with E-state index in [0.717, 1.165) is 25.4 Å². The van der Waals surface area contributed by atoms with Gasteiger partial charge in [0.1, 0.15) is 0 Å². The summed E-state index contributed by atoms with van der Waals surface area (Å²) in [4.78, 5) is 2.63. The van der Waals surface area contributed by atoms with Gasteiger partial charge in [0.25, 0.3) is 0 Å². The summed E-state index contributed by atoms with van der Waals surface area (Å²) in [6.07, 6.45) is 12.7. The monoisotopic (exact) mass is 255 g/mol. The van der Waals surface area contributed by atoms with E-state index in [1.807, 2.05) is 0 Å². The van der Waals surface area contributed by atoms with Crippen LogP contribution in [-0.4, -0.2) is 35.2 Å². The number of aliphatic hydroxyl groups excluding tert-OH is 1. The van der Waals surface area contributed by atoms with Gasteiger partial charge in [0.15, 0.2) is 0 Å². The molecular formula is C16H33NO. The summed E-state index contributed by atoms with van der Waals surface area (Å²) < 4.78 is 0. The van der Waals surface area contributed by atoms with Crippen molar-refractivity contribution in [3.63, 3.8) is 0 Å². The van der Waals surface area contributed by atoms with Gasteiger partial charge in [0.2, 0.25) is 0 Å². The van der Waals surface area contributed by atoms with Crippen LogP contribution >= 0.6 is 0 Å². The molecule has 1 aliphatic heterocycles. The molecule has 0 aliphatic carbocycles. The Morgan fingerprint density at radius 3 is 2.56 bits per heavy atom. The van der Waals surface area contributed by atoms with Gasteiger partial charge in [-0.05, 0) is 38.6 Å². The van der Waals surface area contributed by atoms with Crippen molar-refractivity contribution in [2.75, 3.05) is 13.1 Å². The smallest absolute Gasteiger partial charge is 0.0553 e. The average molecular weight is 255 g/mol. The third-order valence-corrected chi connectivity index (χ3v) is 4.36. The zero-order valence-electron chi connectivity index (χ0n) is 12.5. The maximum atomic E-state index is 9.71. The van der Waals surface area contributed by atoms with Crippen LogP contribution < -0.4 is 0 Å². The van der Waals surface area contributed by atoms with Gasteiger partial charge in [0.05, 0.1) is 6.10 Å². The molecule has 0 spiro atoms. The molecular weight excluding hydrogens is 222 g/mol. The van der Waals surface area contributed by atoms with Crippen molar-refractivity contribution in [3.05, 3.63) is 0 Å². The molecule has 1 aliphatic rings. The zero-order valence-corrected chi connectivity index (χ0v) is 12.5. The number of hydrogen-bond donors (Lipinski definition) is 1. The predicted molar refractivity (Wildman–Crippen MR) is 78.9 cm³/mol. The van der Waals surface area contributed by atoms with Crippen molar-refractivity contribution in [3.8, 4) is 0 Å². The molecule has 18 heavy (non-hydrogen) atoms. The first-order valence-corrected chi connectivity index (χ1v) is 8.20. The van der Waals surface area contributed by atoms with Gasteiger partial charge >= 0.3 is 0 Å². The molecule has 2 heteroatoms. The van der Waals surface area contributed by atoms with Crippen molar-refractivity contribution >= 4 is 0 Å². The molecule has 1 saturated heterocycles. The fraction of sp³-hybridized carbons (Fsp3) is 1.00. The second-order valence-electron chi connectivity index (χ2n) is 5.89. The number of likely N-dealkylation sites (tertiary alicyclic amines) is 1. The van der Waals surface area contributed by atoms with E-state index in [2.05, 4.69) is 18.7 Å². The molecule has 0 radical (unpaired) electrons. The highest BCUT2D eigenvalue weighted by Crippen LogP contribution is 2.19. The Hall–Kier alpha value is -0.0800. The zero-order chi connectivity index (χ0) is 13.2. The van der Waals surface area contributed by atoms with Crippen molar-refractivity contribution in [2.45, 2.75) is 90.2 Å². The Morgan fingerprint density at radius 1 is 1.06 bits per heavy atom. The van der Waals surface area contributed by atoms with E-state index >= 15 is 0 Å². The van der Waals surface area contributed by atoms with Crippen LogP contribution in [0.2, 0.25) is 0 Å². The van der Waals surface area contributed by atoms with Crippen LogP contribution in [0.4, 0.5) is 0 Å². The molecule has 1 rings (SSSR count). The van der Waals surface area contributed by atoms with E-state index < -0.39 is 0 Å². The molecule has 0 aromatic heterocycles. The van der Waals surface area contributed by atoms with Crippen LogP contribution in [0.3, 0.4) is 0 Å². The second kappa shape index (κ2) is 9.80. The fourth-order valence-corrected chi connectivity index (χ4v) is 3.09. The summed E-state index contributed by atoms with van der Waals surface area (Å²) in [5.74, 6) is 0. The first-order valence-electron chi connectivity index (χ1n) is 8.20. The number of nitrogens with zero attached hydrogens (tertiary/aromatic N) is 1. The molecule has 0 aromatic carbocycles. The highest BCUT2D eigenvalue weighted by atomic mass is 16.3. The van der Waals surface area contributed by atoms with Gasteiger partial charge in [-0.2, -0.15) is 0 Å². The molecule has 108 valence electrons. The summed E-state index contributed by atoms with van der Waals surface area (Å²) in [7, 11) is 0. The van der Waals surface area contributed by atoms with Crippen LogP contribution in [-0.2, 0) is 0 Å². The van der Waals surface area contributed by atoms with Gasteiger partial charge in [-0.1, -0.05) is 46.0 Å². The van der Waals surface area contributed by atoms with E-state index in [1.54, 1.807) is 0 Å². The highest BCUT2D eigenvalue weighted by molar-refractivity contribution is 4.75. The van der Waals surface area contributed by atoms with Crippen LogP contribution in [0.25, 0.3) is 0 Å². The van der Waals surface area contributed by atoms with Gasteiger partial charge < -0.3 is 10.0 Å². The van der Waals surface area contributed by atoms with Crippen LogP contribution in [0.5, 0.6) is 0 Å². The van der Waals surface area contributed by atoms with E-state index in [0.29, 0.717) is 0 Å². The Bertz CT molecular complexity index is 196. The van der Waals surface area contributed by atoms with E-state index in [9.17, 15) is 5.11 Å². The Balaban J connectivity index is 2.22. The normalized spacial score (nSPS) is 23.8. The van der Waals surface area contributed by atoms with E-state index in [-0.39, 0.29) is 6.10 Å². The summed E-state index contributed by atoms with van der Waals surface area (Å²) in [6, 6.07) is 0.761. The number of hydrogen-bond acceptors (Lipinski definition) is 2. The molecule has 0 bridgehead atoms. The maximum absolute atomic E-state index is 9.71. The standard InChI is InChI=1S/C16H33NO/c1-3-5-6-7-8-10-15(4-2)17-13-9-11-16(18)12-14-17/h15-16,18H,3-14H2,1-2H3/t15?,16-/m1/s1. The lowest BCUT2D eigenvalue weighted by Gasteiger charge is -2.30. The summed E-state index contributed by atoms with van der Waals surface area (Å²) in [6.45, 7) is 6.90. The van der Waals surface area contributed by atoms with E-state index in [4.69, 9.17) is 0 Å². The molecule has 0 saturated carbocycles. The molecule has 1 heterocycles. The Morgan fingerprint density at radius 2 is 1.83 bits per heavy atom. The van der Waals surface area contributed by atoms with Crippen molar-refractivity contribution in [1.29, 1.82) is 0 Å². The third kappa shape index (κ3) is 6.19. The average Bonchev–Trinajstić information content (AvgIpc) is 2.59. The van der Waals surface area contributed by atoms with Gasteiger partial charge in [-0.25, -0.2) is 0 Å². The topological polar surface area (TPSA) is 23.5 Å². The van der Waals surface area contributed by atoms with Crippen LogP contribution in [0.1, 0.15) is 78.1 Å². The van der Waals surface area contributed by atoms with Gasteiger partial charge in [-0.15, -0.1) is 0 Å². The molecule has 0 amide bonds. The molecule has 1 unspecified atom stereocenters. The SMILES string of the molecule is CCCCCCCC(CC)N1CCC[C@@H](O)CC1. The van der Waals surface area contributed by atoms with Crippen LogP contribution in [0.15, 0.2) is 0 Å². The largest absolute Gasteiger partial charge is 0.393 e. The first-order chi connectivity index (χ1) is 8.77. The van der Waals surface area contributed by atoms with Gasteiger partial charge in [-0.3, -0.25) is 0 Å². The minimum absolute atomic E-state index is 0.0444. The van der Waals surface area contributed by atoms with Crippen molar-refractivity contribution in [1.82, 2.24) is 4.90 Å². The number of aliphatic hydroxyl groups is 1. The first kappa shape index (κ1) is 16.0. The quantitative estimate of drug-likeness (QED) is 0.663. The van der Waals surface area contributed by atoms with Crippen molar-refractivity contribution in [2.24, 2.45) is 0 Å². The maximum Gasteiger partial charge on any atom is 0.0553 e. The lowest BCUT2D eigenvalue weighted by molar-refractivity contribution is 0.143. The van der Waals surface area contributed by atoms with Crippen molar-refractivity contribution < 1.29 is 5.11 Å². The number of rotatable bonds is 8. The molecule has 2 atom stereocenters. The summed E-state index contributed by atoms with van der Waals surface area (Å²) in [5.41, 5.74) is 0. The lowest BCUT2D eigenvalue weighted by Crippen LogP contribution is -2.35. The third-order valence-electron chi connectivity index (χ3n) is 4.36. The summed E-state index contributed by atoms with van der Waals surface area (Å²) in [5, 5.41) is 9.71. The molecule has 0 aromatic rings. The number of unbranched alkanes of at least 4 members (excludes halogenated alkanes) is 4. The Labute approximate surface area is 114 Å².